The van der Waals surface area contributed by atoms with E-state index in [-0.39, 0.29) is 18.1 Å². The fourth-order valence-electron chi connectivity index (χ4n) is 4.75. The Morgan fingerprint density at radius 3 is 2.79 bits per heavy atom. The largest absolute Gasteiger partial charge is 0.377 e. The first-order chi connectivity index (χ1) is 16.1. The molecule has 5 rings (SSSR count). The molecule has 2 aliphatic heterocycles. The van der Waals surface area contributed by atoms with Gasteiger partial charge in [0.25, 0.3) is 0 Å². The number of ether oxygens (including phenoxy) is 1. The van der Waals surface area contributed by atoms with Crippen molar-refractivity contribution in [3.8, 4) is 17.2 Å². The third-order valence-corrected chi connectivity index (χ3v) is 6.86. The summed E-state index contributed by atoms with van der Waals surface area (Å²) in [6.45, 7) is 8.62. The number of pyridine rings is 2. The Bertz CT molecular complexity index is 1120. The summed E-state index contributed by atoms with van der Waals surface area (Å²) < 4.78 is 5.44. The van der Waals surface area contributed by atoms with Gasteiger partial charge in [-0.05, 0) is 56.0 Å². The van der Waals surface area contributed by atoms with Crippen molar-refractivity contribution in [1.29, 1.82) is 5.26 Å². The average molecular weight is 444 g/mol. The molecule has 0 unspecified atom stereocenters. The Kier molecular flexibility index (Phi) is 5.86. The highest BCUT2D eigenvalue weighted by molar-refractivity contribution is 5.78. The Hall–Kier alpha value is -3.24. The number of nitrogens with zero attached hydrogens (tertiary/aromatic N) is 5. The second kappa shape index (κ2) is 8.95. The lowest BCUT2D eigenvalue weighted by Crippen LogP contribution is -2.55. The minimum atomic E-state index is 0.0547. The molecule has 7 nitrogen and oxygen atoms in total. The van der Waals surface area contributed by atoms with E-state index in [2.05, 4.69) is 29.5 Å². The van der Waals surface area contributed by atoms with Crippen LogP contribution in [0.3, 0.4) is 0 Å². The first-order valence-electron chi connectivity index (χ1n) is 11.8. The van der Waals surface area contributed by atoms with Gasteiger partial charge in [0.15, 0.2) is 0 Å². The summed E-state index contributed by atoms with van der Waals surface area (Å²) in [4.78, 5) is 26.2. The quantitative estimate of drug-likeness (QED) is 0.676. The predicted molar refractivity (Wildman–Crippen MR) is 127 cm³/mol. The van der Waals surface area contributed by atoms with Gasteiger partial charge in [0, 0.05) is 50.0 Å². The number of piperazine rings is 1. The zero-order valence-corrected chi connectivity index (χ0v) is 19.0. The summed E-state index contributed by atoms with van der Waals surface area (Å²) in [7, 11) is 0. The number of hydrogen-bond acceptors (Lipinski definition) is 6. The summed E-state index contributed by atoms with van der Waals surface area (Å²) in [5, 5.41) is 9.98. The van der Waals surface area contributed by atoms with Gasteiger partial charge in [0.2, 0.25) is 5.91 Å². The topological polar surface area (TPSA) is 82.4 Å². The molecule has 0 radical (unpaired) electrons. The van der Waals surface area contributed by atoms with Crippen molar-refractivity contribution < 1.29 is 9.53 Å². The standard InChI is InChI=1S/C26H29N5O2/c1-3-21-12-19(6-8-28-21)23-13-20(15-27)26(29-25(23)18-4-5-18)30-9-10-31(17(2)16-30)24(32)14-22-7-11-33-22/h3,6,8,12-13,17-18,22H,1,4-5,7,9-11,14,16H2,2H3/t17-,22-/m1/s1. The highest BCUT2D eigenvalue weighted by atomic mass is 16.5. The Morgan fingerprint density at radius 2 is 2.15 bits per heavy atom. The van der Waals surface area contributed by atoms with Gasteiger partial charge in [-0.3, -0.25) is 9.78 Å². The lowest BCUT2D eigenvalue weighted by Gasteiger charge is -2.41. The number of rotatable bonds is 6. The summed E-state index contributed by atoms with van der Waals surface area (Å²) in [5.74, 6) is 1.32. The van der Waals surface area contributed by atoms with Crippen molar-refractivity contribution >= 4 is 17.8 Å². The van der Waals surface area contributed by atoms with E-state index in [0.717, 1.165) is 54.2 Å². The van der Waals surface area contributed by atoms with Gasteiger partial charge in [0.1, 0.15) is 11.9 Å². The average Bonchev–Trinajstić information content (AvgIpc) is 3.66. The van der Waals surface area contributed by atoms with Gasteiger partial charge >= 0.3 is 0 Å². The van der Waals surface area contributed by atoms with Gasteiger partial charge in [-0.15, -0.1) is 0 Å². The van der Waals surface area contributed by atoms with Crippen molar-refractivity contribution in [2.45, 2.75) is 50.7 Å². The minimum absolute atomic E-state index is 0.0547. The van der Waals surface area contributed by atoms with Crippen LogP contribution in [0.25, 0.3) is 17.2 Å². The molecule has 0 N–H and O–H groups in total. The summed E-state index contributed by atoms with van der Waals surface area (Å²) in [6, 6.07) is 8.37. The van der Waals surface area contributed by atoms with E-state index < -0.39 is 0 Å². The first kappa shape index (κ1) is 21.6. The van der Waals surface area contributed by atoms with Crippen molar-refractivity contribution in [3.05, 3.63) is 47.9 Å². The highest BCUT2D eigenvalue weighted by Crippen LogP contribution is 2.45. The lowest BCUT2D eigenvalue weighted by atomic mass is 9.99. The van der Waals surface area contributed by atoms with E-state index >= 15 is 0 Å². The predicted octanol–water partition coefficient (Wildman–Crippen LogP) is 3.75. The fraction of sp³-hybridized carbons (Fsp3) is 0.462. The molecule has 2 aromatic rings. The zero-order chi connectivity index (χ0) is 22.9. The second-order valence-corrected chi connectivity index (χ2v) is 9.22. The van der Waals surface area contributed by atoms with Crippen molar-refractivity contribution in [3.63, 3.8) is 0 Å². The molecule has 3 fully saturated rings. The normalized spacial score (nSPS) is 22.4. The van der Waals surface area contributed by atoms with E-state index in [1.165, 1.54) is 0 Å². The molecule has 170 valence electrons. The third-order valence-electron chi connectivity index (χ3n) is 6.86. The molecule has 2 atom stereocenters. The van der Waals surface area contributed by atoms with Crippen molar-refractivity contribution in [2.75, 3.05) is 31.1 Å². The highest BCUT2D eigenvalue weighted by Gasteiger charge is 2.34. The molecule has 0 spiro atoms. The van der Waals surface area contributed by atoms with Crippen LogP contribution in [0.4, 0.5) is 5.82 Å². The van der Waals surface area contributed by atoms with Crippen molar-refractivity contribution in [1.82, 2.24) is 14.9 Å². The van der Waals surface area contributed by atoms with Gasteiger partial charge in [-0.25, -0.2) is 4.98 Å². The monoisotopic (exact) mass is 443 g/mol. The molecular weight excluding hydrogens is 414 g/mol. The maximum atomic E-state index is 12.7. The van der Waals surface area contributed by atoms with E-state index in [1.807, 2.05) is 23.1 Å². The number of hydrogen-bond donors (Lipinski definition) is 0. The lowest BCUT2D eigenvalue weighted by molar-refractivity contribution is -0.141. The molecule has 1 aliphatic carbocycles. The molecule has 2 saturated heterocycles. The molecule has 1 saturated carbocycles. The molecule has 0 aromatic carbocycles. The molecule has 4 heterocycles. The molecule has 33 heavy (non-hydrogen) atoms. The smallest absolute Gasteiger partial charge is 0.225 e. The van der Waals surface area contributed by atoms with Crippen LogP contribution in [-0.4, -0.2) is 59.2 Å². The molecule has 2 aromatic heterocycles. The number of nitriles is 1. The van der Waals surface area contributed by atoms with E-state index in [0.29, 0.717) is 37.5 Å². The summed E-state index contributed by atoms with van der Waals surface area (Å²) in [5.41, 5.74) is 4.45. The molecule has 1 amide bonds. The van der Waals surface area contributed by atoms with E-state index in [4.69, 9.17) is 9.72 Å². The Balaban J connectivity index is 1.41. The Morgan fingerprint density at radius 1 is 1.33 bits per heavy atom. The van der Waals surface area contributed by atoms with Gasteiger partial charge < -0.3 is 14.5 Å². The summed E-state index contributed by atoms with van der Waals surface area (Å²) >= 11 is 0. The van der Waals surface area contributed by atoms with Crippen molar-refractivity contribution in [2.24, 2.45) is 0 Å². The molecule has 0 bridgehead atoms. The molecule has 3 aliphatic rings. The number of anilines is 1. The minimum Gasteiger partial charge on any atom is -0.377 e. The SMILES string of the molecule is C=Cc1cc(-c2cc(C#N)c(N3CCN(C(=O)C[C@H]4CCO4)[C@H](C)C3)nc2C2CC2)ccn1. The molecular formula is C26H29N5O2. The first-order valence-corrected chi connectivity index (χ1v) is 11.8. The zero-order valence-electron chi connectivity index (χ0n) is 19.0. The van der Waals surface area contributed by atoms with Crippen LogP contribution in [-0.2, 0) is 9.53 Å². The molecule has 7 heteroatoms. The van der Waals surface area contributed by atoms with Crippen LogP contribution < -0.4 is 4.90 Å². The fourth-order valence-corrected chi connectivity index (χ4v) is 4.75. The van der Waals surface area contributed by atoms with Crippen LogP contribution in [0.1, 0.15) is 55.5 Å². The second-order valence-electron chi connectivity index (χ2n) is 9.22. The van der Waals surface area contributed by atoms with Crippen LogP contribution in [0.15, 0.2) is 31.0 Å². The Labute approximate surface area is 194 Å². The van der Waals surface area contributed by atoms with E-state index in [1.54, 1.807) is 12.3 Å². The van der Waals surface area contributed by atoms with Crippen LogP contribution >= 0.6 is 0 Å². The van der Waals surface area contributed by atoms with E-state index in [9.17, 15) is 10.1 Å². The third kappa shape index (κ3) is 4.36. The maximum absolute atomic E-state index is 12.7. The number of carbonyl (C=O) groups excluding carboxylic acids is 1. The number of amides is 1. The van der Waals surface area contributed by atoms with Gasteiger partial charge in [0.05, 0.1) is 29.5 Å². The van der Waals surface area contributed by atoms with Crippen LogP contribution in [0.5, 0.6) is 0 Å². The maximum Gasteiger partial charge on any atom is 0.225 e. The van der Waals surface area contributed by atoms with Crippen LogP contribution in [0, 0.1) is 11.3 Å². The van der Waals surface area contributed by atoms with Crippen LogP contribution in [0.2, 0.25) is 0 Å². The summed E-state index contributed by atoms with van der Waals surface area (Å²) in [6.07, 6.45) is 7.25. The number of carbonyl (C=O) groups is 1. The number of aromatic nitrogens is 2. The van der Waals surface area contributed by atoms with Gasteiger partial charge in [-0.2, -0.15) is 5.26 Å². The van der Waals surface area contributed by atoms with Gasteiger partial charge in [-0.1, -0.05) is 6.58 Å².